The summed E-state index contributed by atoms with van der Waals surface area (Å²) in [5.74, 6) is -0.546. The average molecular weight is 238 g/mol. The van der Waals surface area contributed by atoms with E-state index in [1.165, 1.54) is 19.1 Å². The van der Waals surface area contributed by atoms with Gasteiger partial charge in [-0.15, -0.1) is 0 Å². The van der Waals surface area contributed by atoms with Crippen LogP contribution in [-0.2, 0) is 0 Å². The van der Waals surface area contributed by atoms with Crippen molar-refractivity contribution >= 4 is 11.6 Å². The third kappa shape index (κ3) is 3.25. The second-order valence-electron chi connectivity index (χ2n) is 3.79. The highest BCUT2D eigenvalue weighted by Gasteiger charge is 2.21. The van der Waals surface area contributed by atoms with Gasteiger partial charge in [-0.25, -0.2) is 0 Å². The first-order valence-electron chi connectivity index (χ1n) is 5.13. The van der Waals surface area contributed by atoms with Gasteiger partial charge in [-0.05, 0) is 19.4 Å². The van der Waals surface area contributed by atoms with Gasteiger partial charge in [0, 0.05) is 12.6 Å². The van der Waals surface area contributed by atoms with Crippen LogP contribution in [0.2, 0.25) is 0 Å². The molecule has 0 aromatic heterocycles. The fraction of sp³-hybridized carbons (Fsp3) is 0.364. The molecular weight excluding hydrogens is 224 g/mol. The van der Waals surface area contributed by atoms with E-state index in [4.69, 9.17) is 5.11 Å². The van der Waals surface area contributed by atoms with Gasteiger partial charge in [-0.1, -0.05) is 12.1 Å². The molecule has 1 rings (SSSR count). The normalized spacial score (nSPS) is 11.9. The lowest BCUT2D eigenvalue weighted by molar-refractivity contribution is -0.385. The molecule has 0 aliphatic heterocycles. The van der Waals surface area contributed by atoms with Crippen molar-refractivity contribution in [2.24, 2.45) is 0 Å². The number of carbonyl (C=O) groups excluding carboxylic acids is 1. The summed E-state index contributed by atoms with van der Waals surface area (Å²) >= 11 is 0. The minimum Gasteiger partial charge on any atom is -0.392 e. The zero-order valence-corrected chi connectivity index (χ0v) is 9.64. The van der Waals surface area contributed by atoms with E-state index in [-0.39, 0.29) is 17.8 Å². The van der Waals surface area contributed by atoms with Crippen molar-refractivity contribution in [2.75, 3.05) is 6.54 Å². The Bertz CT molecular complexity index is 443. The summed E-state index contributed by atoms with van der Waals surface area (Å²) in [7, 11) is 0. The number of aliphatic hydroxyl groups excluding tert-OH is 1. The molecule has 0 fully saturated rings. The molecule has 6 nitrogen and oxygen atoms in total. The number of aryl methyl sites for hydroxylation is 1. The van der Waals surface area contributed by atoms with Crippen LogP contribution in [0.1, 0.15) is 22.8 Å². The maximum absolute atomic E-state index is 11.8. The minimum absolute atomic E-state index is 0.0400. The van der Waals surface area contributed by atoms with Crippen LogP contribution in [0.5, 0.6) is 0 Å². The molecule has 0 aliphatic rings. The van der Waals surface area contributed by atoms with E-state index in [1.807, 2.05) is 0 Å². The molecule has 0 unspecified atom stereocenters. The molecule has 1 atom stereocenters. The fourth-order valence-electron chi connectivity index (χ4n) is 1.43. The molecule has 92 valence electrons. The van der Waals surface area contributed by atoms with Crippen LogP contribution in [0.4, 0.5) is 5.69 Å². The minimum atomic E-state index is -0.693. The van der Waals surface area contributed by atoms with Gasteiger partial charge in [0.25, 0.3) is 11.6 Å². The third-order valence-corrected chi connectivity index (χ3v) is 2.23. The van der Waals surface area contributed by atoms with Crippen LogP contribution < -0.4 is 5.32 Å². The van der Waals surface area contributed by atoms with E-state index in [0.29, 0.717) is 5.56 Å². The van der Waals surface area contributed by atoms with Crippen molar-refractivity contribution in [3.8, 4) is 0 Å². The summed E-state index contributed by atoms with van der Waals surface area (Å²) in [4.78, 5) is 22.0. The van der Waals surface area contributed by atoms with Gasteiger partial charge in [-0.2, -0.15) is 0 Å². The molecule has 0 spiro atoms. The second-order valence-corrected chi connectivity index (χ2v) is 3.79. The predicted octanol–water partition coefficient (Wildman–Crippen LogP) is 1.01. The van der Waals surface area contributed by atoms with Crippen molar-refractivity contribution in [1.82, 2.24) is 5.32 Å². The Morgan fingerprint density at radius 2 is 2.24 bits per heavy atom. The second kappa shape index (κ2) is 5.40. The lowest BCUT2D eigenvalue weighted by atomic mass is 10.1. The molecule has 0 saturated heterocycles. The van der Waals surface area contributed by atoms with Crippen LogP contribution in [0, 0.1) is 17.0 Å². The summed E-state index contributed by atoms with van der Waals surface area (Å²) in [6, 6.07) is 4.44. The highest BCUT2D eigenvalue weighted by Crippen LogP contribution is 2.21. The Hall–Kier alpha value is -1.95. The summed E-state index contributed by atoms with van der Waals surface area (Å²) in [5, 5.41) is 22.3. The van der Waals surface area contributed by atoms with E-state index >= 15 is 0 Å². The van der Waals surface area contributed by atoms with Crippen LogP contribution >= 0.6 is 0 Å². The number of hydrogen-bond acceptors (Lipinski definition) is 4. The van der Waals surface area contributed by atoms with Crippen LogP contribution in [0.3, 0.4) is 0 Å². The Morgan fingerprint density at radius 1 is 1.59 bits per heavy atom. The number of nitrogens with one attached hydrogen (secondary N) is 1. The number of rotatable bonds is 4. The monoisotopic (exact) mass is 238 g/mol. The summed E-state index contributed by atoms with van der Waals surface area (Å²) in [6.45, 7) is 3.21. The van der Waals surface area contributed by atoms with Crippen LogP contribution in [0.15, 0.2) is 18.2 Å². The number of hydrogen-bond donors (Lipinski definition) is 2. The number of aliphatic hydroxyl groups is 1. The van der Waals surface area contributed by atoms with Gasteiger partial charge < -0.3 is 10.4 Å². The first-order valence-corrected chi connectivity index (χ1v) is 5.13. The van der Waals surface area contributed by atoms with Crippen molar-refractivity contribution < 1.29 is 14.8 Å². The van der Waals surface area contributed by atoms with Crippen molar-refractivity contribution in [3.05, 3.63) is 39.4 Å². The first-order chi connectivity index (χ1) is 7.93. The standard InChI is InChI=1S/C11H14N2O4/c1-7-4-3-5-9(13(16)17)10(7)11(15)12-6-8(2)14/h3-5,8,14H,6H2,1-2H3,(H,12,15)/t8-/m1/s1. The Balaban J connectivity index is 3.03. The lowest BCUT2D eigenvalue weighted by Crippen LogP contribution is -2.31. The first kappa shape index (κ1) is 13.1. The van der Waals surface area contributed by atoms with E-state index in [2.05, 4.69) is 5.32 Å². The zero-order chi connectivity index (χ0) is 13.0. The summed E-state index contributed by atoms with van der Waals surface area (Å²) < 4.78 is 0. The van der Waals surface area contributed by atoms with Crippen LogP contribution in [-0.4, -0.2) is 28.6 Å². The van der Waals surface area contributed by atoms with Gasteiger partial charge in [0.1, 0.15) is 5.56 Å². The number of benzene rings is 1. The molecule has 0 bridgehead atoms. The highest BCUT2D eigenvalue weighted by atomic mass is 16.6. The van der Waals surface area contributed by atoms with Gasteiger partial charge in [0.05, 0.1) is 11.0 Å². The van der Waals surface area contributed by atoms with E-state index in [9.17, 15) is 14.9 Å². The predicted molar refractivity (Wildman–Crippen MR) is 61.8 cm³/mol. The SMILES string of the molecule is Cc1cccc([N+](=O)[O-])c1C(=O)NC[C@@H](C)O. The quantitative estimate of drug-likeness (QED) is 0.605. The van der Waals surface area contributed by atoms with E-state index in [1.54, 1.807) is 13.0 Å². The molecule has 17 heavy (non-hydrogen) atoms. The molecule has 0 saturated carbocycles. The van der Waals surface area contributed by atoms with Crippen molar-refractivity contribution in [2.45, 2.75) is 20.0 Å². The van der Waals surface area contributed by atoms with E-state index in [0.717, 1.165) is 0 Å². The maximum Gasteiger partial charge on any atom is 0.282 e. The summed E-state index contributed by atoms with van der Waals surface area (Å²) in [6.07, 6.45) is -0.693. The van der Waals surface area contributed by atoms with Crippen LogP contribution in [0.25, 0.3) is 0 Å². The Labute approximate surface area is 98.4 Å². The average Bonchev–Trinajstić information content (AvgIpc) is 2.25. The third-order valence-electron chi connectivity index (χ3n) is 2.23. The molecule has 1 amide bonds. The molecular formula is C11H14N2O4. The van der Waals surface area contributed by atoms with Gasteiger partial charge in [-0.3, -0.25) is 14.9 Å². The topological polar surface area (TPSA) is 92.5 Å². The number of nitro benzene ring substituents is 1. The fourth-order valence-corrected chi connectivity index (χ4v) is 1.43. The summed E-state index contributed by atoms with van der Waals surface area (Å²) in [5.41, 5.74) is 0.341. The number of carbonyl (C=O) groups is 1. The lowest BCUT2D eigenvalue weighted by Gasteiger charge is -2.09. The van der Waals surface area contributed by atoms with Gasteiger partial charge in [0.2, 0.25) is 0 Å². The van der Waals surface area contributed by atoms with Gasteiger partial charge >= 0.3 is 0 Å². The van der Waals surface area contributed by atoms with Crippen molar-refractivity contribution in [3.63, 3.8) is 0 Å². The zero-order valence-electron chi connectivity index (χ0n) is 9.64. The largest absolute Gasteiger partial charge is 0.392 e. The molecule has 1 aromatic carbocycles. The molecule has 2 N–H and O–H groups in total. The molecule has 6 heteroatoms. The Morgan fingerprint density at radius 3 is 2.76 bits per heavy atom. The number of nitrogens with zero attached hydrogens (tertiary/aromatic N) is 1. The smallest absolute Gasteiger partial charge is 0.282 e. The molecule has 0 radical (unpaired) electrons. The molecule has 1 aromatic rings. The number of nitro groups is 1. The van der Waals surface area contributed by atoms with Crippen molar-refractivity contribution in [1.29, 1.82) is 0 Å². The molecule has 0 aliphatic carbocycles. The van der Waals surface area contributed by atoms with Gasteiger partial charge in [0.15, 0.2) is 0 Å². The molecule has 0 heterocycles. The number of amides is 1. The maximum atomic E-state index is 11.8. The highest BCUT2D eigenvalue weighted by molar-refractivity contribution is 5.99. The van der Waals surface area contributed by atoms with E-state index < -0.39 is 16.9 Å². The Kier molecular flexibility index (Phi) is 4.17.